The van der Waals surface area contributed by atoms with Gasteiger partial charge in [-0.15, -0.1) is 22.7 Å². The zero-order chi connectivity index (χ0) is 21.4. The molecule has 0 aliphatic rings. The van der Waals surface area contributed by atoms with E-state index in [1.54, 1.807) is 22.7 Å². The summed E-state index contributed by atoms with van der Waals surface area (Å²) < 4.78 is 12.8. The Labute approximate surface area is 192 Å². The maximum Gasteiger partial charge on any atom is 0.178 e. The minimum absolute atomic E-state index is 0.821. The van der Waals surface area contributed by atoms with Crippen molar-refractivity contribution < 1.29 is 8.83 Å². The first-order valence-corrected chi connectivity index (χ1v) is 12.2. The first kappa shape index (κ1) is 18.3. The molecule has 0 bridgehead atoms. The van der Waals surface area contributed by atoms with E-state index in [2.05, 4.69) is 86.6 Å². The third kappa shape index (κ3) is 2.63. The van der Waals surface area contributed by atoms with Gasteiger partial charge in [0.05, 0.1) is 0 Å². The van der Waals surface area contributed by atoms with Gasteiger partial charge in [-0.3, -0.25) is 0 Å². The summed E-state index contributed by atoms with van der Waals surface area (Å²) in [6.45, 7) is 4.27. The Bertz CT molecular complexity index is 1670. The van der Waals surface area contributed by atoms with Crippen LogP contribution in [0.15, 0.2) is 81.6 Å². The lowest BCUT2D eigenvalue weighted by Crippen LogP contribution is -1.72. The lowest BCUT2D eigenvalue weighted by atomic mass is 10.1. The number of benzene rings is 3. The highest BCUT2D eigenvalue weighted by Crippen LogP contribution is 2.41. The van der Waals surface area contributed by atoms with Crippen molar-refractivity contribution in [2.24, 2.45) is 0 Å². The lowest BCUT2D eigenvalue weighted by molar-refractivity contribution is 0.633. The van der Waals surface area contributed by atoms with Crippen molar-refractivity contribution in [2.45, 2.75) is 13.8 Å². The van der Waals surface area contributed by atoms with Crippen molar-refractivity contribution in [3.63, 3.8) is 0 Å². The normalized spacial score (nSPS) is 12.1. The zero-order valence-electron chi connectivity index (χ0n) is 17.6. The molecule has 0 N–H and O–H groups in total. The Kier molecular flexibility index (Phi) is 3.75. The molecule has 0 fully saturated rings. The molecule has 7 aromatic rings. The molecule has 0 radical (unpaired) electrons. The predicted octanol–water partition coefficient (Wildman–Crippen LogP) is 9.56. The molecule has 0 aliphatic carbocycles. The molecule has 0 amide bonds. The van der Waals surface area contributed by atoms with Gasteiger partial charge in [0.25, 0.3) is 0 Å². The fourth-order valence-corrected chi connectivity index (χ4v) is 6.28. The number of aryl methyl sites for hydroxylation is 2. The number of rotatable bonds is 2. The van der Waals surface area contributed by atoms with Crippen molar-refractivity contribution in [3.8, 4) is 20.9 Å². The summed E-state index contributed by atoms with van der Waals surface area (Å²) in [5, 5.41) is 4.42. The molecule has 154 valence electrons. The van der Waals surface area contributed by atoms with Gasteiger partial charge in [0.15, 0.2) is 11.2 Å². The van der Waals surface area contributed by atoms with Crippen LogP contribution in [0.5, 0.6) is 0 Å². The van der Waals surface area contributed by atoms with Gasteiger partial charge in [-0.2, -0.15) is 0 Å². The van der Waals surface area contributed by atoms with E-state index in [1.807, 2.05) is 0 Å². The summed E-state index contributed by atoms with van der Waals surface area (Å²) in [7, 11) is 0. The second-order valence-corrected chi connectivity index (χ2v) is 10.8. The minimum atomic E-state index is 0.821. The largest absolute Gasteiger partial charge is 0.452 e. The van der Waals surface area contributed by atoms with Gasteiger partial charge in [-0.05, 0) is 85.6 Å². The molecular weight excluding hydrogens is 432 g/mol. The number of fused-ring (bicyclic) bond motifs is 7. The number of thiophene rings is 2. The fraction of sp³-hybridized carbons (Fsp3) is 0.0714. The van der Waals surface area contributed by atoms with Crippen LogP contribution in [0, 0.1) is 13.8 Å². The van der Waals surface area contributed by atoms with Crippen molar-refractivity contribution in [3.05, 3.63) is 82.6 Å². The highest BCUT2D eigenvalue weighted by Gasteiger charge is 2.17. The topological polar surface area (TPSA) is 26.3 Å². The van der Waals surface area contributed by atoms with E-state index in [9.17, 15) is 0 Å². The van der Waals surface area contributed by atoms with E-state index in [0.717, 1.165) is 43.9 Å². The van der Waals surface area contributed by atoms with E-state index in [-0.39, 0.29) is 0 Å². The van der Waals surface area contributed by atoms with Crippen LogP contribution in [0.1, 0.15) is 9.75 Å². The maximum atomic E-state index is 6.40. The average molecular weight is 451 g/mol. The predicted molar refractivity (Wildman–Crippen MR) is 137 cm³/mol. The highest BCUT2D eigenvalue weighted by atomic mass is 32.1. The number of hydrogen-bond acceptors (Lipinski definition) is 4. The van der Waals surface area contributed by atoms with Gasteiger partial charge >= 0.3 is 0 Å². The van der Waals surface area contributed by atoms with Crippen molar-refractivity contribution in [1.29, 1.82) is 0 Å². The Morgan fingerprint density at radius 3 is 1.34 bits per heavy atom. The Balaban J connectivity index is 1.45. The smallest absolute Gasteiger partial charge is 0.178 e. The molecule has 4 heteroatoms. The quantitative estimate of drug-likeness (QED) is 0.262. The van der Waals surface area contributed by atoms with Crippen LogP contribution in [-0.2, 0) is 0 Å². The summed E-state index contributed by atoms with van der Waals surface area (Å²) >= 11 is 3.61. The van der Waals surface area contributed by atoms with Crippen LogP contribution in [0.3, 0.4) is 0 Å². The number of hydrogen-bond donors (Lipinski definition) is 0. The minimum Gasteiger partial charge on any atom is -0.452 e. The van der Waals surface area contributed by atoms with E-state index in [1.165, 1.54) is 30.6 Å². The van der Waals surface area contributed by atoms with Crippen LogP contribution in [0.2, 0.25) is 0 Å². The molecule has 4 aromatic heterocycles. The van der Waals surface area contributed by atoms with Gasteiger partial charge < -0.3 is 8.83 Å². The Morgan fingerprint density at radius 1 is 0.500 bits per heavy atom. The lowest BCUT2D eigenvalue weighted by Gasteiger charge is -1.97. The third-order valence-corrected chi connectivity index (χ3v) is 8.23. The molecule has 7 rings (SSSR count). The van der Waals surface area contributed by atoms with E-state index in [4.69, 9.17) is 8.83 Å². The van der Waals surface area contributed by atoms with Gasteiger partial charge in [0.2, 0.25) is 0 Å². The van der Waals surface area contributed by atoms with E-state index < -0.39 is 0 Å². The van der Waals surface area contributed by atoms with Crippen LogP contribution in [-0.4, -0.2) is 0 Å². The monoisotopic (exact) mass is 450 g/mol. The fourth-order valence-electron chi connectivity index (χ4n) is 4.55. The summed E-state index contributed by atoms with van der Waals surface area (Å²) in [5.74, 6) is 0. The highest BCUT2D eigenvalue weighted by molar-refractivity contribution is 7.15. The van der Waals surface area contributed by atoms with Crippen LogP contribution >= 0.6 is 22.7 Å². The SMILES string of the molecule is Cc1ccc(-c2ccc3c(c2)oc2c3ccc3c4ccc(-c5ccc(C)s5)cc4oc32)s1. The van der Waals surface area contributed by atoms with Gasteiger partial charge in [0.1, 0.15) is 11.2 Å². The average Bonchev–Trinajstić information content (AvgIpc) is 3.56. The Morgan fingerprint density at radius 2 is 0.938 bits per heavy atom. The zero-order valence-corrected chi connectivity index (χ0v) is 19.2. The molecule has 2 nitrogen and oxygen atoms in total. The Hall–Kier alpha value is -3.34. The summed E-state index contributed by atoms with van der Waals surface area (Å²) in [6.07, 6.45) is 0. The molecule has 0 atom stereocenters. The van der Waals surface area contributed by atoms with E-state index >= 15 is 0 Å². The molecular formula is C28H18O2S2. The standard InChI is InChI=1S/C28H18O2S2/c1-15-3-11-25(31-15)17-5-7-19-21-9-10-22-20-8-6-18(26-12-4-16(2)32-26)14-24(20)30-28(22)27(21)29-23(19)13-17/h3-14H,1-2H3. The van der Waals surface area contributed by atoms with Gasteiger partial charge in [-0.25, -0.2) is 0 Å². The van der Waals surface area contributed by atoms with Crippen LogP contribution < -0.4 is 0 Å². The third-order valence-electron chi connectivity index (χ3n) is 6.13. The molecule has 32 heavy (non-hydrogen) atoms. The van der Waals surface area contributed by atoms with Crippen molar-refractivity contribution in [1.82, 2.24) is 0 Å². The van der Waals surface area contributed by atoms with E-state index in [0.29, 0.717) is 0 Å². The van der Waals surface area contributed by atoms with Crippen molar-refractivity contribution >= 4 is 66.6 Å². The maximum absolute atomic E-state index is 6.40. The summed E-state index contributed by atoms with van der Waals surface area (Å²) in [6, 6.07) is 26.0. The van der Waals surface area contributed by atoms with Crippen molar-refractivity contribution in [2.75, 3.05) is 0 Å². The summed E-state index contributed by atoms with van der Waals surface area (Å²) in [4.78, 5) is 5.14. The molecule has 0 saturated heterocycles. The molecule has 3 aromatic carbocycles. The van der Waals surface area contributed by atoms with Crippen LogP contribution in [0.25, 0.3) is 64.8 Å². The second-order valence-electron chi connectivity index (χ2n) is 8.27. The first-order valence-electron chi connectivity index (χ1n) is 10.6. The molecule has 0 unspecified atom stereocenters. The van der Waals surface area contributed by atoms with Crippen LogP contribution in [0.4, 0.5) is 0 Å². The molecule has 4 heterocycles. The molecule has 0 aliphatic heterocycles. The second kappa shape index (κ2) is 6.58. The number of furan rings is 2. The first-order chi connectivity index (χ1) is 15.6. The van der Waals surface area contributed by atoms with Gasteiger partial charge in [0, 0.05) is 41.1 Å². The summed E-state index contributed by atoms with van der Waals surface area (Å²) in [5.41, 5.74) is 5.80. The molecule has 0 saturated carbocycles. The molecule has 0 spiro atoms. The van der Waals surface area contributed by atoms with Gasteiger partial charge in [-0.1, -0.05) is 12.1 Å².